The Balaban J connectivity index is 2.76. The number of nitrogen functional groups attached to an aromatic ring is 1. The van der Waals surface area contributed by atoms with Gasteiger partial charge >= 0.3 is 0 Å². The van der Waals surface area contributed by atoms with Crippen LogP contribution in [0.1, 0.15) is 19.4 Å². The highest BCUT2D eigenvalue weighted by atomic mass is 16.3. The summed E-state index contributed by atoms with van der Waals surface area (Å²) in [5, 5.41) is 8.99. The van der Waals surface area contributed by atoms with Gasteiger partial charge in [-0.3, -0.25) is 4.90 Å². The van der Waals surface area contributed by atoms with Crippen LogP contribution in [0.15, 0.2) is 18.3 Å². The summed E-state index contributed by atoms with van der Waals surface area (Å²) in [4.78, 5) is 6.31. The average molecular weight is 224 g/mol. The third-order valence-electron chi connectivity index (χ3n) is 2.52. The molecular weight excluding hydrogens is 204 g/mol. The van der Waals surface area contributed by atoms with Crippen molar-refractivity contribution in [1.29, 1.82) is 0 Å². The first-order chi connectivity index (χ1) is 7.69. The summed E-state index contributed by atoms with van der Waals surface area (Å²) in [6.07, 6.45) is 1.70. The van der Waals surface area contributed by atoms with Crippen LogP contribution in [-0.4, -0.2) is 34.2 Å². The standard InChI is InChI=1S/C11H20N4O/c1-9(2)15(6-7-16)8-10-4-3-5-13-11(10)14-12/h3-5,9,16H,6-8,12H2,1-2H3,(H,13,14). The number of nitrogens with two attached hydrogens (primary N) is 1. The molecule has 0 aliphatic heterocycles. The minimum Gasteiger partial charge on any atom is -0.395 e. The summed E-state index contributed by atoms with van der Waals surface area (Å²) in [5.41, 5.74) is 3.62. The molecule has 1 rings (SSSR count). The van der Waals surface area contributed by atoms with Crippen molar-refractivity contribution in [2.24, 2.45) is 5.84 Å². The topological polar surface area (TPSA) is 74.4 Å². The molecular formula is C11H20N4O. The van der Waals surface area contributed by atoms with E-state index < -0.39 is 0 Å². The molecule has 1 aromatic heterocycles. The predicted molar refractivity (Wildman–Crippen MR) is 64.7 cm³/mol. The average Bonchev–Trinajstić information content (AvgIpc) is 2.29. The fourth-order valence-corrected chi connectivity index (χ4v) is 1.56. The number of hydrogen-bond donors (Lipinski definition) is 3. The molecule has 0 saturated carbocycles. The van der Waals surface area contributed by atoms with Gasteiger partial charge in [0.1, 0.15) is 5.82 Å². The lowest BCUT2D eigenvalue weighted by molar-refractivity contribution is 0.159. The van der Waals surface area contributed by atoms with Gasteiger partial charge in [0.15, 0.2) is 0 Å². The molecule has 5 heteroatoms. The summed E-state index contributed by atoms with van der Waals surface area (Å²) >= 11 is 0. The van der Waals surface area contributed by atoms with Crippen molar-refractivity contribution in [3.05, 3.63) is 23.9 Å². The van der Waals surface area contributed by atoms with E-state index in [-0.39, 0.29) is 6.61 Å². The quantitative estimate of drug-likeness (QED) is 0.486. The number of aliphatic hydroxyl groups is 1. The first-order valence-corrected chi connectivity index (χ1v) is 5.44. The Morgan fingerprint density at radius 3 is 2.88 bits per heavy atom. The predicted octanol–water partition coefficient (Wildman–Crippen LogP) is 0.570. The van der Waals surface area contributed by atoms with Crippen LogP contribution in [0.5, 0.6) is 0 Å². The summed E-state index contributed by atoms with van der Waals surface area (Å²) in [6.45, 7) is 5.73. The molecule has 0 atom stereocenters. The van der Waals surface area contributed by atoms with Gasteiger partial charge in [0.2, 0.25) is 0 Å². The van der Waals surface area contributed by atoms with Crippen molar-refractivity contribution in [3.8, 4) is 0 Å². The van der Waals surface area contributed by atoms with Gasteiger partial charge in [0.25, 0.3) is 0 Å². The lowest BCUT2D eigenvalue weighted by atomic mass is 10.2. The summed E-state index contributed by atoms with van der Waals surface area (Å²) < 4.78 is 0. The largest absolute Gasteiger partial charge is 0.395 e. The SMILES string of the molecule is CC(C)N(CCO)Cc1cccnc1NN. The van der Waals surface area contributed by atoms with Gasteiger partial charge in [-0.2, -0.15) is 0 Å². The van der Waals surface area contributed by atoms with Crippen LogP contribution in [0.3, 0.4) is 0 Å². The third kappa shape index (κ3) is 3.44. The van der Waals surface area contributed by atoms with Gasteiger partial charge < -0.3 is 10.5 Å². The Labute approximate surface area is 96.3 Å². The van der Waals surface area contributed by atoms with E-state index in [0.717, 1.165) is 12.1 Å². The van der Waals surface area contributed by atoms with E-state index in [0.29, 0.717) is 18.4 Å². The molecule has 0 radical (unpaired) electrons. The minimum atomic E-state index is 0.157. The zero-order valence-electron chi connectivity index (χ0n) is 9.85. The van der Waals surface area contributed by atoms with Crippen molar-refractivity contribution in [2.45, 2.75) is 26.4 Å². The Kier molecular flexibility index (Phi) is 5.18. The van der Waals surface area contributed by atoms with Crippen LogP contribution in [-0.2, 0) is 6.54 Å². The normalized spacial score (nSPS) is 11.1. The highest BCUT2D eigenvalue weighted by Gasteiger charge is 2.11. The summed E-state index contributed by atoms with van der Waals surface area (Å²) in [7, 11) is 0. The zero-order valence-corrected chi connectivity index (χ0v) is 9.85. The molecule has 0 fully saturated rings. The van der Waals surface area contributed by atoms with Crippen LogP contribution in [0.2, 0.25) is 0 Å². The van der Waals surface area contributed by atoms with E-state index in [2.05, 4.69) is 29.2 Å². The molecule has 16 heavy (non-hydrogen) atoms. The number of nitrogens with zero attached hydrogens (tertiary/aromatic N) is 2. The van der Waals surface area contributed by atoms with Gasteiger partial charge in [-0.1, -0.05) is 6.07 Å². The first-order valence-electron chi connectivity index (χ1n) is 5.44. The molecule has 4 N–H and O–H groups in total. The van der Waals surface area contributed by atoms with Gasteiger partial charge in [0, 0.05) is 30.9 Å². The molecule has 0 unspecified atom stereocenters. The van der Waals surface area contributed by atoms with Crippen LogP contribution in [0.4, 0.5) is 5.82 Å². The van der Waals surface area contributed by atoms with Crippen molar-refractivity contribution in [3.63, 3.8) is 0 Å². The van der Waals surface area contributed by atoms with E-state index in [9.17, 15) is 0 Å². The maximum atomic E-state index is 8.99. The lowest BCUT2D eigenvalue weighted by Crippen LogP contribution is -2.33. The van der Waals surface area contributed by atoms with Crippen molar-refractivity contribution in [2.75, 3.05) is 18.6 Å². The molecule has 0 bridgehead atoms. The number of rotatable bonds is 6. The van der Waals surface area contributed by atoms with Crippen LogP contribution >= 0.6 is 0 Å². The van der Waals surface area contributed by atoms with Crippen molar-refractivity contribution >= 4 is 5.82 Å². The molecule has 1 aromatic rings. The van der Waals surface area contributed by atoms with Gasteiger partial charge in [-0.05, 0) is 19.9 Å². The first kappa shape index (κ1) is 12.9. The second-order valence-electron chi connectivity index (χ2n) is 3.94. The summed E-state index contributed by atoms with van der Waals surface area (Å²) in [6, 6.07) is 4.24. The second kappa shape index (κ2) is 6.42. The lowest BCUT2D eigenvalue weighted by Gasteiger charge is -2.26. The Bertz CT molecular complexity index is 317. The van der Waals surface area contributed by atoms with Gasteiger partial charge in [0.05, 0.1) is 6.61 Å². The fraction of sp³-hybridized carbons (Fsp3) is 0.545. The van der Waals surface area contributed by atoms with E-state index in [1.807, 2.05) is 12.1 Å². The molecule has 0 saturated heterocycles. The van der Waals surface area contributed by atoms with E-state index in [1.165, 1.54) is 0 Å². The number of aromatic nitrogens is 1. The number of nitrogens with one attached hydrogen (secondary N) is 1. The second-order valence-corrected chi connectivity index (χ2v) is 3.94. The van der Waals surface area contributed by atoms with E-state index >= 15 is 0 Å². The molecule has 5 nitrogen and oxygen atoms in total. The number of hydrazine groups is 1. The highest BCUT2D eigenvalue weighted by molar-refractivity contribution is 5.42. The third-order valence-corrected chi connectivity index (χ3v) is 2.52. The Morgan fingerprint density at radius 1 is 1.56 bits per heavy atom. The Morgan fingerprint density at radius 2 is 2.31 bits per heavy atom. The smallest absolute Gasteiger partial charge is 0.144 e. The Hall–Kier alpha value is -1.17. The molecule has 0 spiro atoms. The maximum Gasteiger partial charge on any atom is 0.144 e. The molecule has 0 aliphatic rings. The van der Waals surface area contributed by atoms with Crippen LogP contribution in [0.25, 0.3) is 0 Å². The van der Waals surface area contributed by atoms with E-state index in [4.69, 9.17) is 10.9 Å². The molecule has 0 aliphatic carbocycles. The molecule has 0 amide bonds. The van der Waals surface area contributed by atoms with Gasteiger partial charge in [-0.25, -0.2) is 10.8 Å². The zero-order chi connectivity index (χ0) is 12.0. The monoisotopic (exact) mass is 224 g/mol. The highest BCUT2D eigenvalue weighted by Crippen LogP contribution is 2.14. The van der Waals surface area contributed by atoms with Crippen LogP contribution < -0.4 is 11.3 Å². The van der Waals surface area contributed by atoms with Crippen molar-refractivity contribution < 1.29 is 5.11 Å². The van der Waals surface area contributed by atoms with Crippen molar-refractivity contribution in [1.82, 2.24) is 9.88 Å². The molecule has 0 aromatic carbocycles. The number of anilines is 1. The number of pyridine rings is 1. The minimum absolute atomic E-state index is 0.157. The summed E-state index contributed by atoms with van der Waals surface area (Å²) in [5.74, 6) is 6.08. The number of aliphatic hydroxyl groups excluding tert-OH is 1. The van der Waals surface area contributed by atoms with Crippen LogP contribution in [0, 0.1) is 0 Å². The molecule has 1 heterocycles. The number of hydrogen-bond acceptors (Lipinski definition) is 5. The van der Waals surface area contributed by atoms with Gasteiger partial charge in [-0.15, -0.1) is 0 Å². The fourth-order valence-electron chi connectivity index (χ4n) is 1.56. The molecule has 90 valence electrons. The van der Waals surface area contributed by atoms with E-state index in [1.54, 1.807) is 6.20 Å². The maximum absolute atomic E-state index is 8.99.